The fourth-order valence-electron chi connectivity index (χ4n) is 6.09. The van der Waals surface area contributed by atoms with E-state index in [2.05, 4.69) is 36.7 Å². The summed E-state index contributed by atoms with van der Waals surface area (Å²) in [4.78, 5) is 27.6. The number of nitrogens with one attached hydrogen (secondary N) is 3. The largest absolute Gasteiger partial charge is 0.493 e. The van der Waals surface area contributed by atoms with Gasteiger partial charge in [-0.1, -0.05) is 62.7 Å². The van der Waals surface area contributed by atoms with Crippen LogP contribution >= 0.6 is 0 Å². The Balaban J connectivity index is 1.27. The first-order valence-corrected chi connectivity index (χ1v) is 15.8. The van der Waals surface area contributed by atoms with Gasteiger partial charge in [0, 0.05) is 22.6 Å². The number of methoxy groups -OCH3 is 1. The molecule has 2 aromatic heterocycles. The number of nitrogens with zero attached hydrogens (tertiary/aromatic N) is 2. The van der Waals surface area contributed by atoms with Crippen LogP contribution in [-0.2, 0) is 5.41 Å². The molecule has 0 aliphatic carbocycles. The predicted molar refractivity (Wildman–Crippen MR) is 182 cm³/mol. The van der Waals surface area contributed by atoms with Crippen LogP contribution in [0.1, 0.15) is 66.9 Å². The van der Waals surface area contributed by atoms with E-state index < -0.39 is 11.9 Å². The molecule has 0 radical (unpaired) electrons. The summed E-state index contributed by atoms with van der Waals surface area (Å²) in [7, 11) is 1.59. The molecule has 1 aliphatic rings. The van der Waals surface area contributed by atoms with Crippen molar-refractivity contribution in [1.82, 2.24) is 15.1 Å². The van der Waals surface area contributed by atoms with E-state index in [9.17, 15) is 9.59 Å². The molecule has 9 heteroatoms. The van der Waals surface area contributed by atoms with E-state index in [0.29, 0.717) is 28.6 Å². The number of hydrogen-bond acceptors (Lipinski definition) is 6. The maximum Gasteiger partial charge on any atom is 0.324 e. The van der Waals surface area contributed by atoms with Gasteiger partial charge in [0.25, 0.3) is 0 Å². The molecule has 1 unspecified atom stereocenters. The molecule has 0 spiro atoms. The van der Waals surface area contributed by atoms with Crippen molar-refractivity contribution in [2.45, 2.75) is 51.9 Å². The zero-order valence-electron chi connectivity index (χ0n) is 27.0. The van der Waals surface area contributed by atoms with Crippen molar-refractivity contribution in [3.05, 3.63) is 101 Å². The lowest BCUT2D eigenvalue weighted by molar-refractivity contribution is 0.0890. The summed E-state index contributed by atoms with van der Waals surface area (Å²) in [5, 5.41) is 15.0. The maximum absolute atomic E-state index is 14.2. The Morgan fingerprint density at radius 2 is 1.72 bits per heavy atom. The maximum atomic E-state index is 14.2. The molecular formula is C37H41N5O4. The molecule has 238 valence electrons. The van der Waals surface area contributed by atoms with Gasteiger partial charge in [0.15, 0.2) is 17.1 Å². The quantitative estimate of drug-likeness (QED) is 0.153. The number of carbonyl (C=O) groups is 2. The van der Waals surface area contributed by atoms with Crippen LogP contribution in [-0.4, -0.2) is 41.8 Å². The van der Waals surface area contributed by atoms with Crippen LogP contribution in [0.25, 0.3) is 16.7 Å². The number of rotatable bonds is 8. The average molecular weight is 620 g/mol. The van der Waals surface area contributed by atoms with E-state index in [4.69, 9.17) is 14.3 Å². The van der Waals surface area contributed by atoms with E-state index in [0.717, 1.165) is 53.8 Å². The first-order chi connectivity index (χ1) is 22.1. The number of amides is 2. The summed E-state index contributed by atoms with van der Waals surface area (Å²) in [5.74, 6) is 1.06. The second-order valence-corrected chi connectivity index (χ2v) is 13.0. The van der Waals surface area contributed by atoms with Crippen molar-refractivity contribution in [1.29, 1.82) is 0 Å². The summed E-state index contributed by atoms with van der Waals surface area (Å²) in [5.41, 5.74) is 4.62. The third-order valence-electron chi connectivity index (χ3n) is 8.61. The molecule has 2 amide bonds. The van der Waals surface area contributed by atoms with Gasteiger partial charge >= 0.3 is 6.03 Å². The molecule has 46 heavy (non-hydrogen) atoms. The minimum atomic E-state index is -0.434. The summed E-state index contributed by atoms with van der Waals surface area (Å²) in [6.45, 7) is 9.98. The number of para-hydroxylation sites is 1. The fraction of sp³-hybridized carbons (Fsp3) is 0.324. The lowest BCUT2D eigenvalue weighted by Gasteiger charge is -2.30. The van der Waals surface area contributed by atoms with Gasteiger partial charge in [-0.15, -0.1) is 0 Å². The molecular weight excluding hydrogens is 578 g/mol. The number of furan rings is 1. The monoisotopic (exact) mass is 619 g/mol. The summed E-state index contributed by atoms with van der Waals surface area (Å²) >= 11 is 0. The molecule has 1 aliphatic heterocycles. The number of urea groups is 1. The van der Waals surface area contributed by atoms with Crippen LogP contribution < -0.4 is 20.7 Å². The Labute approximate surface area is 269 Å². The molecule has 1 saturated heterocycles. The molecule has 3 heterocycles. The molecule has 0 saturated carbocycles. The standard InChI is InChI=1S/C37H41N5O4/c1-23-12-14-28(15-13-23)42-32(22-31(41-42)37(2,3)4)40-36(44)39-27-10-6-8-25(20-27)33(24-16-18-38-19-17-24)34(43)30-21-26-9-7-11-29(45-5)35(26)46-30/h6-15,20-22,24,33,38H,16-19H2,1-5H3,(H2,39,40,44). The summed E-state index contributed by atoms with van der Waals surface area (Å²) < 4.78 is 13.3. The number of carbonyl (C=O) groups excluding carboxylic acids is 2. The normalized spacial score (nSPS) is 14.6. The molecule has 5 aromatic rings. The highest BCUT2D eigenvalue weighted by atomic mass is 16.5. The Hall–Kier alpha value is -4.89. The topological polar surface area (TPSA) is 110 Å². The molecule has 3 N–H and O–H groups in total. The van der Waals surface area contributed by atoms with Gasteiger partial charge in [0.1, 0.15) is 5.82 Å². The summed E-state index contributed by atoms with van der Waals surface area (Å²) in [6.07, 6.45) is 1.72. The average Bonchev–Trinajstić information content (AvgIpc) is 3.67. The molecule has 6 rings (SSSR count). The van der Waals surface area contributed by atoms with E-state index in [1.54, 1.807) is 17.9 Å². The Morgan fingerprint density at radius 1 is 0.978 bits per heavy atom. The number of ketones is 1. The van der Waals surface area contributed by atoms with E-state index in [-0.39, 0.29) is 17.1 Å². The van der Waals surface area contributed by atoms with Gasteiger partial charge in [-0.25, -0.2) is 9.48 Å². The molecule has 3 aromatic carbocycles. The SMILES string of the molecule is COc1cccc2cc(C(=O)C(c3cccc(NC(=O)Nc4cc(C(C)(C)C)nn4-c4ccc(C)cc4)c3)C3CCNCC3)oc12. The summed E-state index contributed by atoms with van der Waals surface area (Å²) in [6, 6.07) is 24.5. The zero-order chi connectivity index (χ0) is 32.4. The first kappa shape index (κ1) is 31.1. The van der Waals surface area contributed by atoms with Crippen LogP contribution in [0.5, 0.6) is 5.75 Å². The number of benzene rings is 3. The number of fused-ring (bicyclic) bond motifs is 1. The second kappa shape index (κ2) is 12.8. The van der Waals surface area contributed by atoms with Crippen molar-refractivity contribution in [2.24, 2.45) is 5.92 Å². The second-order valence-electron chi connectivity index (χ2n) is 13.0. The van der Waals surface area contributed by atoms with Gasteiger partial charge in [-0.3, -0.25) is 10.1 Å². The van der Waals surface area contributed by atoms with Crippen molar-refractivity contribution in [3.63, 3.8) is 0 Å². The van der Waals surface area contributed by atoms with Crippen LogP contribution in [0.2, 0.25) is 0 Å². The Morgan fingerprint density at radius 3 is 2.43 bits per heavy atom. The minimum absolute atomic E-state index is 0.0801. The number of hydrogen-bond donors (Lipinski definition) is 3. The fourth-order valence-corrected chi connectivity index (χ4v) is 6.09. The minimum Gasteiger partial charge on any atom is -0.493 e. The highest BCUT2D eigenvalue weighted by Crippen LogP contribution is 2.38. The Bertz CT molecular complexity index is 1860. The predicted octanol–water partition coefficient (Wildman–Crippen LogP) is 7.84. The van der Waals surface area contributed by atoms with E-state index >= 15 is 0 Å². The number of piperidine rings is 1. The van der Waals surface area contributed by atoms with Crippen molar-refractivity contribution < 1.29 is 18.7 Å². The number of aryl methyl sites for hydroxylation is 1. The van der Waals surface area contributed by atoms with Gasteiger partial charge in [0.2, 0.25) is 5.78 Å². The van der Waals surface area contributed by atoms with Crippen LogP contribution in [0.3, 0.4) is 0 Å². The third kappa shape index (κ3) is 6.55. The van der Waals surface area contributed by atoms with Crippen LogP contribution in [0, 0.1) is 12.8 Å². The van der Waals surface area contributed by atoms with E-state index in [1.165, 1.54) is 0 Å². The van der Waals surface area contributed by atoms with E-state index in [1.807, 2.05) is 79.7 Å². The van der Waals surface area contributed by atoms with Crippen LogP contribution in [0.4, 0.5) is 16.3 Å². The zero-order valence-corrected chi connectivity index (χ0v) is 27.0. The Kier molecular flexibility index (Phi) is 8.69. The lowest BCUT2D eigenvalue weighted by Crippen LogP contribution is -2.33. The first-order valence-electron chi connectivity index (χ1n) is 15.8. The van der Waals surface area contributed by atoms with Crippen molar-refractivity contribution in [3.8, 4) is 11.4 Å². The van der Waals surface area contributed by atoms with Crippen LogP contribution in [0.15, 0.2) is 83.3 Å². The molecule has 1 fully saturated rings. The number of Topliss-reactive ketones (excluding diaryl/α,β-unsaturated/α-hetero) is 1. The highest BCUT2D eigenvalue weighted by molar-refractivity contribution is 6.03. The lowest BCUT2D eigenvalue weighted by atomic mass is 9.77. The van der Waals surface area contributed by atoms with Crippen molar-refractivity contribution >= 4 is 34.3 Å². The van der Waals surface area contributed by atoms with Gasteiger partial charge in [-0.2, -0.15) is 5.10 Å². The smallest absolute Gasteiger partial charge is 0.324 e. The molecule has 0 bridgehead atoms. The highest BCUT2D eigenvalue weighted by Gasteiger charge is 2.34. The molecule has 1 atom stereocenters. The number of ether oxygens (including phenoxy) is 1. The number of aromatic nitrogens is 2. The van der Waals surface area contributed by atoms with Gasteiger partial charge < -0.3 is 19.8 Å². The molecule has 9 nitrogen and oxygen atoms in total. The number of anilines is 2. The van der Waals surface area contributed by atoms with Crippen molar-refractivity contribution in [2.75, 3.05) is 30.8 Å². The third-order valence-corrected chi connectivity index (χ3v) is 8.61. The van der Waals surface area contributed by atoms with Gasteiger partial charge in [0.05, 0.1) is 24.4 Å². The van der Waals surface area contributed by atoms with Gasteiger partial charge in [-0.05, 0) is 80.7 Å².